The molecule has 0 aliphatic rings. The van der Waals surface area contributed by atoms with Crippen molar-refractivity contribution in [1.82, 2.24) is 0 Å². The Morgan fingerprint density at radius 2 is 0.620 bits per heavy atom. The van der Waals surface area contributed by atoms with E-state index in [1.807, 2.05) is 24.3 Å². The molecular weight excluding hydrogens is 638 g/mol. The van der Waals surface area contributed by atoms with E-state index >= 15 is 0 Å². The number of nitrogens with two attached hydrogens (primary N) is 1. The molecule has 0 radical (unpaired) electrons. The van der Waals surface area contributed by atoms with Crippen LogP contribution in [-0.2, 0) is 37.9 Å². The van der Waals surface area contributed by atoms with E-state index in [1.165, 1.54) is 96.3 Å². The standard InChI is InChI=1S/C40H75NO9/c1-2-3-4-5-6-7-8-9-10-11-12-13-14-15-16-19-22-42-23-24-43-25-26-44-27-28-45-29-30-46-31-32-47-33-34-48-35-36-49-37-38-50-40-21-18-17-20-39(40)41/h17-18,20-21H,2-16,19,22-38,41H2,1H3. The van der Waals surface area contributed by atoms with Crippen LogP contribution in [0.1, 0.15) is 110 Å². The minimum atomic E-state index is 0.446. The van der Waals surface area contributed by atoms with Crippen LogP contribution in [0.25, 0.3) is 0 Å². The molecule has 0 unspecified atom stereocenters. The first-order valence-electron chi connectivity index (χ1n) is 19.9. The Hall–Kier alpha value is -1.50. The zero-order valence-electron chi connectivity index (χ0n) is 31.9. The largest absolute Gasteiger partial charge is 0.489 e. The van der Waals surface area contributed by atoms with Crippen molar-refractivity contribution in [2.24, 2.45) is 0 Å². The zero-order valence-corrected chi connectivity index (χ0v) is 31.9. The van der Waals surface area contributed by atoms with Crippen LogP contribution in [0.15, 0.2) is 24.3 Å². The maximum absolute atomic E-state index is 5.83. The van der Waals surface area contributed by atoms with Crippen LogP contribution in [0.4, 0.5) is 5.69 Å². The molecule has 1 rings (SSSR count). The van der Waals surface area contributed by atoms with Gasteiger partial charge in [0.1, 0.15) is 12.4 Å². The molecule has 1 aromatic rings. The van der Waals surface area contributed by atoms with E-state index in [9.17, 15) is 0 Å². The van der Waals surface area contributed by atoms with Crippen molar-refractivity contribution >= 4 is 5.69 Å². The third-order valence-electron chi connectivity index (χ3n) is 8.15. The highest BCUT2D eigenvalue weighted by Crippen LogP contribution is 2.19. The highest BCUT2D eigenvalue weighted by Gasteiger charge is 1.99. The minimum absolute atomic E-state index is 0.446. The molecule has 10 nitrogen and oxygen atoms in total. The Labute approximate surface area is 305 Å². The van der Waals surface area contributed by atoms with Crippen LogP contribution in [-0.4, -0.2) is 112 Å². The second kappa shape index (κ2) is 40.3. The van der Waals surface area contributed by atoms with Gasteiger partial charge in [-0.2, -0.15) is 0 Å². The SMILES string of the molecule is CCCCCCCCCCCCCCCCCCOCCOCCOCCOCCOCCOCCOCCOCCOc1ccccc1N. The lowest BCUT2D eigenvalue weighted by molar-refractivity contribution is -0.0236. The van der Waals surface area contributed by atoms with Gasteiger partial charge in [0.2, 0.25) is 0 Å². The summed E-state index contributed by atoms with van der Waals surface area (Å²) in [4.78, 5) is 0. The fourth-order valence-electron chi connectivity index (χ4n) is 5.22. The fraction of sp³-hybridized carbons (Fsp3) is 0.850. The molecule has 0 bridgehead atoms. The van der Waals surface area contributed by atoms with E-state index in [4.69, 9.17) is 48.4 Å². The maximum atomic E-state index is 5.83. The van der Waals surface area contributed by atoms with Gasteiger partial charge in [-0.1, -0.05) is 115 Å². The molecule has 294 valence electrons. The zero-order chi connectivity index (χ0) is 35.7. The molecule has 0 saturated heterocycles. The number of hydrogen-bond acceptors (Lipinski definition) is 10. The third-order valence-corrected chi connectivity index (χ3v) is 8.15. The van der Waals surface area contributed by atoms with Crippen molar-refractivity contribution in [3.63, 3.8) is 0 Å². The van der Waals surface area contributed by atoms with Crippen LogP contribution in [0.5, 0.6) is 5.75 Å². The lowest BCUT2D eigenvalue weighted by Crippen LogP contribution is -2.15. The quantitative estimate of drug-likeness (QED) is 0.0528. The Morgan fingerprint density at radius 3 is 0.960 bits per heavy atom. The second-order valence-electron chi connectivity index (χ2n) is 12.6. The average molecular weight is 714 g/mol. The van der Waals surface area contributed by atoms with Gasteiger partial charge in [0.25, 0.3) is 0 Å². The van der Waals surface area contributed by atoms with E-state index in [0.29, 0.717) is 117 Å². The first-order chi connectivity index (χ1) is 24.8. The van der Waals surface area contributed by atoms with Crippen LogP contribution in [0, 0.1) is 0 Å². The second-order valence-corrected chi connectivity index (χ2v) is 12.6. The molecule has 0 amide bonds. The molecule has 0 aliphatic carbocycles. The number of para-hydroxylation sites is 2. The molecule has 0 fully saturated rings. The number of ether oxygens (including phenoxy) is 9. The first-order valence-corrected chi connectivity index (χ1v) is 19.9. The fourth-order valence-corrected chi connectivity index (χ4v) is 5.22. The number of rotatable bonds is 42. The van der Waals surface area contributed by atoms with E-state index in [1.54, 1.807) is 0 Å². The van der Waals surface area contributed by atoms with Crippen LogP contribution >= 0.6 is 0 Å². The lowest BCUT2D eigenvalue weighted by atomic mass is 10.0. The van der Waals surface area contributed by atoms with Crippen molar-refractivity contribution in [2.45, 2.75) is 110 Å². The summed E-state index contributed by atoms with van der Waals surface area (Å²) in [7, 11) is 0. The van der Waals surface area contributed by atoms with Gasteiger partial charge < -0.3 is 48.4 Å². The van der Waals surface area contributed by atoms with Crippen LogP contribution < -0.4 is 10.5 Å². The normalized spacial score (nSPS) is 11.5. The molecule has 0 heterocycles. The number of benzene rings is 1. The summed E-state index contributed by atoms with van der Waals surface area (Å²) in [6.45, 7) is 11.7. The number of nitrogen functional groups attached to an aromatic ring is 1. The topological polar surface area (TPSA) is 109 Å². The first kappa shape index (κ1) is 46.5. The van der Waals surface area contributed by atoms with E-state index in [2.05, 4.69) is 6.92 Å². The van der Waals surface area contributed by atoms with Gasteiger partial charge in [-0.05, 0) is 18.6 Å². The molecule has 1 aromatic carbocycles. The summed E-state index contributed by atoms with van der Waals surface area (Å²) in [6.07, 6.45) is 22.2. The predicted molar refractivity (Wildman–Crippen MR) is 202 cm³/mol. The number of hydrogen-bond donors (Lipinski definition) is 1. The highest BCUT2D eigenvalue weighted by atomic mass is 16.6. The lowest BCUT2D eigenvalue weighted by Gasteiger charge is -2.09. The van der Waals surface area contributed by atoms with Crippen molar-refractivity contribution < 1.29 is 42.6 Å². The van der Waals surface area contributed by atoms with Gasteiger partial charge in [-0.3, -0.25) is 0 Å². The van der Waals surface area contributed by atoms with Gasteiger partial charge >= 0.3 is 0 Å². The van der Waals surface area contributed by atoms with Gasteiger partial charge in [0.15, 0.2) is 0 Å². The smallest absolute Gasteiger partial charge is 0.142 e. The van der Waals surface area contributed by atoms with E-state index in [0.717, 1.165) is 13.0 Å². The van der Waals surface area contributed by atoms with E-state index in [-0.39, 0.29) is 0 Å². The van der Waals surface area contributed by atoms with Crippen molar-refractivity contribution in [1.29, 1.82) is 0 Å². The monoisotopic (exact) mass is 714 g/mol. The van der Waals surface area contributed by atoms with E-state index < -0.39 is 0 Å². The Bertz CT molecular complexity index is 789. The van der Waals surface area contributed by atoms with Gasteiger partial charge in [0, 0.05) is 6.61 Å². The van der Waals surface area contributed by atoms with Crippen LogP contribution in [0.2, 0.25) is 0 Å². The van der Waals surface area contributed by atoms with Crippen molar-refractivity contribution in [2.75, 3.05) is 118 Å². The molecule has 0 aliphatic heterocycles. The molecular formula is C40H75NO9. The van der Waals surface area contributed by atoms with Crippen molar-refractivity contribution in [3.05, 3.63) is 24.3 Å². The Balaban J connectivity index is 1.61. The molecule has 0 aromatic heterocycles. The molecule has 50 heavy (non-hydrogen) atoms. The third kappa shape index (κ3) is 34.9. The minimum Gasteiger partial charge on any atom is -0.489 e. The number of unbranched alkanes of at least 4 members (excludes halogenated alkanes) is 15. The average Bonchev–Trinajstić information content (AvgIpc) is 3.13. The summed E-state index contributed by atoms with van der Waals surface area (Å²) in [6, 6.07) is 7.41. The van der Waals surface area contributed by atoms with Crippen molar-refractivity contribution in [3.8, 4) is 5.75 Å². The Morgan fingerprint density at radius 1 is 0.340 bits per heavy atom. The maximum Gasteiger partial charge on any atom is 0.142 e. The summed E-state index contributed by atoms with van der Waals surface area (Å²) in [5.41, 5.74) is 6.45. The Kier molecular flexibility index (Phi) is 37.5. The summed E-state index contributed by atoms with van der Waals surface area (Å²) < 4.78 is 49.9. The van der Waals surface area contributed by atoms with Gasteiger partial charge in [0.05, 0.1) is 105 Å². The summed E-state index contributed by atoms with van der Waals surface area (Å²) in [5, 5.41) is 0. The number of anilines is 1. The van der Waals surface area contributed by atoms with Gasteiger partial charge in [-0.15, -0.1) is 0 Å². The molecule has 0 saturated carbocycles. The molecule has 0 atom stereocenters. The predicted octanol–water partition coefficient (Wildman–Crippen LogP) is 8.04. The molecule has 2 N–H and O–H groups in total. The summed E-state index contributed by atoms with van der Waals surface area (Å²) >= 11 is 0. The van der Waals surface area contributed by atoms with Crippen LogP contribution in [0.3, 0.4) is 0 Å². The molecule has 10 heteroatoms. The summed E-state index contributed by atoms with van der Waals surface area (Å²) in [5.74, 6) is 0.676. The highest BCUT2D eigenvalue weighted by molar-refractivity contribution is 5.51. The molecule has 0 spiro atoms. The van der Waals surface area contributed by atoms with Gasteiger partial charge in [-0.25, -0.2) is 0 Å².